The monoisotopic (exact) mass is 241 g/mol. The number of rotatable bonds is 5. The van der Waals surface area contributed by atoms with E-state index in [1.54, 1.807) is 0 Å². The van der Waals surface area contributed by atoms with Gasteiger partial charge in [0.15, 0.2) is 0 Å². The second-order valence-corrected chi connectivity index (χ2v) is 4.60. The molecule has 1 heterocycles. The largest absolute Gasteiger partial charge is 0.359 e. The third-order valence-electron chi connectivity index (χ3n) is 2.77. The lowest BCUT2D eigenvalue weighted by atomic mass is 10.1. The van der Waals surface area contributed by atoms with Crippen molar-refractivity contribution in [1.29, 1.82) is 0 Å². The molecular weight excluding hydrogens is 222 g/mol. The minimum atomic E-state index is 0.379. The molecule has 1 aromatic rings. The van der Waals surface area contributed by atoms with Crippen molar-refractivity contribution in [3.63, 3.8) is 0 Å². The molecule has 0 saturated carbocycles. The highest BCUT2D eigenvalue weighted by Gasteiger charge is 2.08. The van der Waals surface area contributed by atoms with E-state index in [1.165, 1.54) is 6.42 Å². The van der Waals surface area contributed by atoms with E-state index in [0.717, 1.165) is 18.1 Å². The van der Waals surface area contributed by atoms with Crippen molar-refractivity contribution in [2.45, 2.75) is 26.8 Å². The summed E-state index contributed by atoms with van der Waals surface area (Å²) in [5.74, 6) is 1.59. The van der Waals surface area contributed by atoms with E-state index in [0.29, 0.717) is 17.5 Å². The minimum absolute atomic E-state index is 0.379. The molecule has 0 aliphatic rings. The molecule has 1 rings (SSSR count). The maximum Gasteiger partial charge on any atom is 0.128 e. The first-order valence-corrected chi connectivity index (χ1v) is 6.02. The molecule has 0 aliphatic carbocycles. The van der Waals surface area contributed by atoms with Crippen LogP contribution in [0.4, 0.5) is 5.82 Å². The Kier molecular flexibility index (Phi) is 5.03. The van der Waals surface area contributed by atoms with E-state index >= 15 is 0 Å². The van der Waals surface area contributed by atoms with Crippen LogP contribution in [0.25, 0.3) is 0 Å². The Labute approximate surface area is 103 Å². The zero-order valence-electron chi connectivity index (χ0n) is 10.2. The number of nitrogens with two attached hydrogens (primary N) is 1. The molecule has 0 aromatic carbocycles. The first-order valence-electron chi connectivity index (χ1n) is 5.65. The van der Waals surface area contributed by atoms with Gasteiger partial charge in [-0.25, -0.2) is 4.98 Å². The van der Waals surface area contributed by atoms with Gasteiger partial charge in [0.2, 0.25) is 0 Å². The van der Waals surface area contributed by atoms with Gasteiger partial charge in [0.1, 0.15) is 5.82 Å². The summed E-state index contributed by atoms with van der Waals surface area (Å²) in [5, 5.41) is 0.642. The molecule has 0 radical (unpaired) electrons. The van der Waals surface area contributed by atoms with E-state index in [4.69, 9.17) is 17.3 Å². The summed E-state index contributed by atoms with van der Waals surface area (Å²) in [7, 11) is 2.04. The van der Waals surface area contributed by atoms with Gasteiger partial charge in [-0.2, -0.15) is 0 Å². The van der Waals surface area contributed by atoms with E-state index in [-0.39, 0.29) is 0 Å². The predicted octanol–water partition coefficient (Wildman–Crippen LogP) is 2.68. The number of halogens is 1. The molecule has 0 fully saturated rings. The van der Waals surface area contributed by atoms with Crippen LogP contribution in [0.1, 0.15) is 26.0 Å². The number of aromatic nitrogens is 1. The third kappa shape index (κ3) is 3.35. The summed E-state index contributed by atoms with van der Waals surface area (Å²) in [6.45, 7) is 5.80. The topological polar surface area (TPSA) is 42.1 Å². The lowest BCUT2D eigenvalue weighted by Crippen LogP contribution is -2.24. The van der Waals surface area contributed by atoms with Crippen LogP contribution in [-0.4, -0.2) is 18.6 Å². The smallest absolute Gasteiger partial charge is 0.128 e. The SMILES string of the molecule is CCC(C)CN(C)c1ccc(Cl)c(CN)n1. The first kappa shape index (κ1) is 13.3. The molecule has 0 saturated heterocycles. The molecule has 0 amide bonds. The van der Waals surface area contributed by atoms with Crippen LogP contribution in [0.5, 0.6) is 0 Å². The van der Waals surface area contributed by atoms with Gasteiger partial charge in [-0.15, -0.1) is 0 Å². The maximum atomic E-state index is 5.97. The highest BCUT2D eigenvalue weighted by atomic mass is 35.5. The Balaban J connectivity index is 2.79. The molecule has 0 bridgehead atoms. The van der Waals surface area contributed by atoms with Gasteiger partial charge in [-0.05, 0) is 18.1 Å². The van der Waals surface area contributed by atoms with Gasteiger partial charge in [0.25, 0.3) is 0 Å². The second-order valence-electron chi connectivity index (χ2n) is 4.20. The Hall–Kier alpha value is -0.800. The fraction of sp³-hybridized carbons (Fsp3) is 0.583. The van der Waals surface area contributed by atoms with Gasteiger partial charge in [-0.1, -0.05) is 31.9 Å². The number of hydrogen-bond donors (Lipinski definition) is 1. The van der Waals surface area contributed by atoms with Crippen LogP contribution >= 0.6 is 11.6 Å². The van der Waals surface area contributed by atoms with Crippen LogP contribution in [0.2, 0.25) is 5.02 Å². The molecule has 4 heteroatoms. The molecule has 16 heavy (non-hydrogen) atoms. The normalized spacial score (nSPS) is 12.6. The minimum Gasteiger partial charge on any atom is -0.359 e. The molecule has 1 aromatic heterocycles. The first-order chi connectivity index (χ1) is 7.58. The lowest BCUT2D eigenvalue weighted by molar-refractivity contribution is 0.557. The number of pyridine rings is 1. The highest BCUT2D eigenvalue weighted by molar-refractivity contribution is 6.31. The molecular formula is C12H20ClN3. The van der Waals surface area contributed by atoms with E-state index in [1.807, 2.05) is 19.2 Å². The van der Waals surface area contributed by atoms with E-state index < -0.39 is 0 Å². The fourth-order valence-electron chi connectivity index (χ4n) is 1.52. The molecule has 90 valence electrons. The molecule has 1 atom stereocenters. The summed E-state index contributed by atoms with van der Waals surface area (Å²) in [6.07, 6.45) is 1.17. The van der Waals surface area contributed by atoms with Crippen LogP contribution in [-0.2, 0) is 6.54 Å². The average Bonchev–Trinajstić information content (AvgIpc) is 2.29. The van der Waals surface area contributed by atoms with Crippen molar-refractivity contribution in [1.82, 2.24) is 4.98 Å². The van der Waals surface area contributed by atoms with Crippen LogP contribution in [0.15, 0.2) is 12.1 Å². The standard InChI is InChI=1S/C12H20ClN3/c1-4-9(2)8-16(3)12-6-5-10(13)11(7-14)15-12/h5-6,9H,4,7-8,14H2,1-3H3. The van der Waals surface area contributed by atoms with Gasteiger partial charge in [0, 0.05) is 20.1 Å². The van der Waals surface area contributed by atoms with E-state index in [2.05, 4.69) is 23.7 Å². The Morgan fingerprint density at radius 2 is 2.19 bits per heavy atom. The third-order valence-corrected chi connectivity index (χ3v) is 3.11. The van der Waals surface area contributed by atoms with Crippen LogP contribution in [0.3, 0.4) is 0 Å². The van der Waals surface area contributed by atoms with Crippen LogP contribution in [0, 0.1) is 5.92 Å². The summed E-state index contributed by atoms with van der Waals surface area (Å²) >= 11 is 5.97. The highest BCUT2D eigenvalue weighted by Crippen LogP contribution is 2.19. The van der Waals surface area contributed by atoms with Crippen molar-refractivity contribution in [2.75, 3.05) is 18.5 Å². The van der Waals surface area contributed by atoms with Crippen molar-refractivity contribution < 1.29 is 0 Å². The van der Waals surface area contributed by atoms with Gasteiger partial charge < -0.3 is 10.6 Å². The van der Waals surface area contributed by atoms with Gasteiger partial charge in [0.05, 0.1) is 10.7 Å². The second kappa shape index (κ2) is 6.06. The Bertz CT molecular complexity index is 341. The van der Waals surface area contributed by atoms with Gasteiger partial charge in [-0.3, -0.25) is 0 Å². The molecule has 3 nitrogen and oxygen atoms in total. The van der Waals surface area contributed by atoms with Crippen molar-refractivity contribution in [3.8, 4) is 0 Å². The van der Waals surface area contributed by atoms with Crippen molar-refractivity contribution in [2.24, 2.45) is 11.7 Å². The Morgan fingerprint density at radius 3 is 2.75 bits per heavy atom. The van der Waals surface area contributed by atoms with E-state index in [9.17, 15) is 0 Å². The number of hydrogen-bond acceptors (Lipinski definition) is 3. The molecule has 2 N–H and O–H groups in total. The zero-order valence-corrected chi connectivity index (χ0v) is 11.0. The summed E-state index contributed by atoms with van der Waals surface area (Å²) in [5.41, 5.74) is 6.34. The molecule has 0 spiro atoms. The Morgan fingerprint density at radius 1 is 1.50 bits per heavy atom. The van der Waals surface area contributed by atoms with Crippen molar-refractivity contribution >= 4 is 17.4 Å². The zero-order chi connectivity index (χ0) is 12.1. The summed E-state index contributed by atoms with van der Waals surface area (Å²) in [4.78, 5) is 6.59. The van der Waals surface area contributed by atoms with Gasteiger partial charge >= 0.3 is 0 Å². The number of nitrogens with zero attached hydrogens (tertiary/aromatic N) is 2. The molecule has 1 unspecified atom stereocenters. The molecule has 0 aliphatic heterocycles. The maximum absolute atomic E-state index is 5.97. The fourth-order valence-corrected chi connectivity index (χ4v) is 1.70. The average molecular weight is 242 g/mol. The quantitative estimate of drug-likeness (QED) is 0.862. The predicted molar refractivity (Wildman–Crippen MR) is 69.9 cm³/mol. The van der Waals surface area contributed by atoms with Crippen molar-refractivity contribution in [3.05, 3.63) is 22.8 Å². The summed E-state index contributed by atoms with van der Waals surface area (Å²) < 4.78 is 0. The summed E-state index contributed by atoms with van der Waals surface area (Å²) in [6, 6.07) is 3.79. The number of anilines is 1. The van der Waals surface area contributed by atoms with Crippen LogP contribution < -0.4 is 10.6 Å². The lowest BCUT2D eigenvalue weighted by Gasteiger charge is -2.22.